The second kappa shape index (κ2) is 6.81. The van der Waals surface area contributed by atoms with Crippen LogP contribution < -0.4 is 0 Å². The maximum atomic E-state index is 11.2. The standard InChI is InChI=1S/C8H16O9/c1-2-8(14,7(13)16-17-15)6(12)5(11)4(10)3-9/h4-6,9-12,14-15H,2-3H2,1H3. The van der Waals surface area contributed by atoms with E-state index in [4.69, 9.17) is 15.5 Å². The van der Waals surface area contributed by atoms with E-state index in [-0.39, 0.29) is 0 Å². The Morgan fingerprint density at radius 3 is 2.24 bits per heavy atom. The Hall–Kier alpha value is -0.810. The van der Waals surface area contributed by atoms with Gasteiger partial charge in [0.15, 0.2) is 5.60 Å². The van der Waals surface area contributed by atoms with Gasteiger partial charge in [-0.05, 0) is 11.5 Å². The van der Waals surface area contributed by atoms with Gasteiger partial charge < -0.3 is 25.5 Å². The predicted molar refractivity (Wildman–Crippen MR) is 50.2 cm³/mol. The van der Waals surface area contributed by atoms with Gasteiger partial charge >= 0.3 is 5.97 Å². The van der Waals surface area contributed by atoms with Crippen LogP contribution in [0.3, 0.4) is 0 Å². The summed E-state index contributed by atoms with van der Waals surface area (Å²) in [6, 6.07) is 0. The molecule has 0 aromatic carbocycles. The summed E-state index contributed by atoms with van der Waals surface area (Å²) in [5.74, 6) is -1.56. The number of aliphatic hydroxyl groups excluding tert-OH is 4. The van der Waals surface area contributed by atoms with Crippen molar-refractivity contribution in [1.82, 2.24) is 0 Å². The second-order valence-electron chi connectivity index (χ2n) is 3.41. The van der Waals surface area contributed by atoms with Crippen molar-refractivity contribution in [1.29, 1.82) is 0 Å². The van der Waals surface area contributed by atoms with Gasteiger partial charge in [-0.25, -0.2) is 10.1 Å². The molecule has 4 atom stereocenters. The molecule has 102 valence electrons. The fourth-order valence-electron chi connectivity index (χ4n) is 1.18. The molecule has 0 saturated carbocycles. The Kier molecular flexibility index (Phi) is 6.49. The van der Waals surface area contributed by atoms with Crippen LogP contribution in [0.4, 0.5) is 0 Å². The van der Waals surface area contributed by atoms with E-state index in [9.17, 15) is 20.1 Å². The molecule has 0 amide bonds. The second-order valence-corrected chi connectivity index (χ2v) is 3.41. The Bertz CT molecular complexity index is 245. The lowest BCUT2D eigenvalue weighted by atomic mass is 9.88. The molecular weight excluding hydrogens is 240 g/mol. The molecule has 4 unspecified atom stereocenters. The van der Waals surface area contributed by atoms with E-state index in [1.165, 1.54) is 6.92 Å². The van der Waals surface area contributed by atoms with Crippen molar-refractivity contribution in [2.24, 2.45) is 0 Å². The zero-order valence-electron chi connectivity index (χ0n) is 9.05. The van der Waals surface area contributed by atoms with E-state index >= 15 is 0 Å². The molecule has 0 aromatic heterocycles. The average molecular weight is 256 g/mol. The van der Waals surface area contributed by atoms with E-state index < -0.39 is 42.9 Å². The van der Waals surface area contributed by atoms with E-state index in [2.05, 4.69) is 9.93 Å². The fourth-order valence-corrected chi connectivity index (χ4v) is 1.18. The summed E-state index contributed by atoms with van der Waals surface area (Å²) < 4.78 is 0. The van der Waals surface area contributed by atoms with E-state index in [0.29, 0.717) is 0 Å². The van der Waals surface area contributed by atoms with Crippen LogP contribution >= 0.6 is 0 Å². The van der Waals surface area contributed by atoms with Crippen LogP contribution in [0.15, 0.2) is 0 Å². The molecule has 0 radical (unpaired) electrons. The highest BCUT2D eigenvalue weighted by molar-refractivity contribution is 5.79. The van der Waals surface area contributed by atoms with Gasteiger partial charge in [0.2, 0.25) is 0 Å². The number of rotatable bonds is 7. The van der Waals surface area contributed by atoms with Crippen LogP contribution in [0.1, 0.15) is 13.3 Å². The van der Waals surface area contributed by atoms with Gasteiger partial charge in [0.1, 0.15) is 18.3 Å². The van der Waals surface area contributed by atoms with Crippen LogP contribution in [0.2, 0.25) is 0 Å². The maximum absolute atomic E-state index is 11.2. The van der Waals surface area contributed by atoms with Crippen LogP contribution in [0.25, 0.3) is 0 Å². The van der Waals surface area contributed by atoms with Crippen molar-refractivity contribution in [3.63, 3.8) is 0 Å². The van der Waals surface area contributed by atoms with E-state index in [0.717, 1.165) is 0 Å². The zero-order chi connectivity index (χ0) is 13.6. The first kappa shape index (κ1) is 16.2. The first-order valence-corrected chi connectivity index (χ1v) is 4.75. The topological polar surface area (TPSA) is 157 Å². The minimum atomic E-state index is -2.60. The SMILES string of the molecule is CCC(O)(C(=O)OOO)C(O)C(O)C(O)CO. The van der Waals surface area contributed by atoms with Gasteiger partial charge in [-0.2, -0.15) is 0 Å². The Morgan fingerprint density at radius 1 is 1.35 bits per heavy atom. The molecule has 0 rings (SSSR count). The molecule has 0 aromatic rings. The normalized spacial score (nSPS) is 20.2. The maximum Gasteiger partial charge on any atom is 0.379 e. The predicted octanol–water partition coefficient (Wildman–Crippen LogP) is -2.85. The molecule has 6 N–H and O–H groups in total. The first-order valence-electron chi connectivity index (χ1n) is 4.75. The summed E-state index contributed by atoms with van der Waals surface area (Å²) >= 11 is 0. The van der Waals surface area contributed by atoms with Crippen molar-refractivity contribution in [2.75, 3.05) is 6.61 Å². The minimum Gasteiger partial charge on any atom is -0.394 e. The number of hydrogen-bond donors (Lipinski definition) is 6. The third-order valence-corrected chi connectivity index (χ3v) is 2.40. The van der Waals surface area contributed by atoms with Crippen molar-refractivity contribution in [3.05, 3.63) is 0 Å². The molecule has 0 bridgehead atoms. The van der Waals surface area contributed by atoms with Crippen molar-refractivity contribution in [2.45, 2.75) is 37.3 Å². The summed E-state index contributed by atoms with van der Waals surface area (Å²) in [6.45, 7) is 0.392. The van der Waals surface area contributed by atoms with Crippen LogP contribution in [0, 0.1) is 0 Å². The largest absolute Gasteiger partial charge is 0.394 e. The molecular formula is C8H16O9. The van der Waals surface area contributed by atoms with Gasteiger partial charge in [-0.1, -0.05) is 6.92 Å². The lowest BCUT2D eigenvalue weighted by Gasteiger charge is -2.32. The van der Waals surface area contributed by atoms with E-state index in [1.807, 2.05) is 0 Å². The highest BCUT2D eigenvalue weighted by Gasteiger charge is 2.49. The highest BCUT2D eigenvalue weighted by Crippen LogP contribution is 2.21. The molecule has 9 heteroatoms. The van der Waals surface area contributed by atoms with Crippen LogP contribution in [-0.4, -0.2) is 67.3 Å². The van der Waals surface area contributed by atoms with Gasteiger partial charge in [0, 0.05) is 0 Å². The third-order valence-electron chi connectivity index (χ3n) is 2.40. The summed E-state index contributed by atoms with van der Waals surface area (Å²) in [4.78, 5) is 14.8. The van der Waals surface area contributed by atoms with Gasteiger partial charge in [0.25, 0.3) is 0 Å². The van der Waals surface area contributed by atoms with Crippen LogP contribution in [0.5, 0.6) is 0 Å². The average Bonchev–Trinajstić information content (AvgIpc) is 2.35. The quantitative estimate of drug-likeness (QED) is 0.208. The van der Waals surface area contributed by atoms with Gasteiger partial charge in [-0.15, -0.1) is 0 Å². The summed E-state index contributed by atoms with van der Waals surface area (Å²) in [5.41, 5.74) is -2.60. The van der Waals surface area contributed by atoms with Crippen molar-refractivity contribution < 1.29 is 45.5 Å². The number of carbonyl (C=O) groups is 1. The lowest BCUT2D eigenvalue weighted by Crippen LogP contribution is -2.58. The lowest BCUT2D eigenvalue weighted by molar-refractivity contribution is -0.467. The summed E-state index contributed by atoms with van der Waals surface area (Å²) in [6.07, 6.45) is -6.29. The summed E-state index contributed by atoms with van der Waals surface area (Å²) in [5, 5.41) is 57.2. The smallest absolute Gasteiger partial charge is 0.379 e. The monoisotopic (exact) mass is 256 g/mol. The van der Waals surface area contributed by atoms with Crippen molar-refractivity contribution >= 4 is 5.97 Å². The molecule has 17 heavy (non-hydrogen) atoms. The van der Waals surface area contributed by atoms with Gasteiger partial charge in [-0.3, -0.25) is 4.89 Å². The molecule has 0 fully saturated rings. The number of aliphatic hydroxyl groups is 5. The molecule has 0 aliphatic rings. The van der Waals surface area contributed by atoms with E-state index in [1.54, 1.807) is 0 Å². The Morgan fingerprint density at radius 2 is 1.88 bits per heavy atom. The third kappa shape index (κ3) is 3.57. The fraction of sp³-hybridized carbons (Fsp3) is 0.875. The molecule has 9 nitrogen and oxygen atoms in total. The van der Waals surface area contributed by atoms with Gasteiger partial charge in [0.05, 0.1) is 6.61 Å². The summed E-state index contributed by atoms with van der Waals surface area (Å²) in [7, 11) is 0. The molecule has 0 spiro atoms. The molecule has 0 saturated heterocycles. The minimum absolute atomic E-state index is 0.397. The van der Waals surface area contributed by atoms with Crippen molar-refractivity contribution in [3.8, 4) is 0 Å². The number of carbonyl (C=O) groups excluding carboxylic acids is 1. The molecule has 0 aliphatic heterocycles. The first-order chi connectivity index (χ1) is 7.84. The number of hydrogen-bond acceptors (Lipinski definition) is 9. The Labute approximate surface area is 96.3 Å². The Balaban J connectivity index is 4.90. The van der Waals surface area contributed by atoms with Crippen LogP contribution in [-0.2, 0) is 14.7 Å². The zero-order valence-corrected chi connectivity index (χ0v) is 9.05. The molecule has 0 aliphatic carbocycles. The highest BCUT2D eigenvalue weighted by atomic mass is 17.5. The molecule has 0 heterocycles.